The van der Waals surface area contributed by atoms with Crippen molar-refractivity contribution in [1.29, 1.82) is 0 Å². The van der Waals surface area contributed by atoms with Crippen molar-refractivity contribution in [2.45, 2.75) is 77.1 Å². The minimum atomic E-state index is -0.310. The molecule has 1 aromatic rings. The Bertz CT molecular complexity index is 656. The van der Waals surface area contributed by atoms with Crippen molar-refractivity contribution < 1.29 is 19.4 Å². The van der Waals surface area contributed by atoms with E-state index in [4.69, 9.17) is 9.47 Å². The van der Waals surface area contributed by atoms with E-state index >= 15 is 0 Å². The summed E-state index contributed by atoms with van der Waals surface area (Å²) < 4.78 is 11.7. The third-order valence-electron chi connectivity index (χ3n) is 6.27. The number of hydrogen-bond acceptors (Lipinski definition) is 4. The van der Waals surface area contributed by atoms with Gasteiger partial charge >= 0.3 is 0 Å². The molecule has 3 rings (SSSR count). The number of aliphatic hydroxyl groups excluding tert-OH is 1. The Balaban J connectivity index is 1.51. The van der Waals surface area contributed by atoms with Crippen LogP contribution in [0.1, 0.15) is 58.4 Å². The van der Waals surface area contributed by atoms with Crippen LogP contribution in [0.3, 0.4) is 0 Å². The maximum absolute atomic E-state index is 12.7. The Kier molecular flexibility index (Phi) is 6.35. The minimum Gasteiger partial charge on any atom is -0.497 e. The number of likely N-dealkylation sites (tertiary alicyclic amines) is 1. The lowest BCUT2D eigenvalue weighted by Gasteiger charge is -2.50. The highest BCUT2D eigenvalue weighted by molar-refractivity contribution is 5.76. The van der Waals surface area contributed by atoms with Gasteiger partial charge in [0, 0.05) is 32.4 Å². The van der Waals surface area contributed by atoms with Gasteiger partial charge in [0.2, 0.25) is 5.91 Å². The molecule has 0 saturated carbocycles. The minimum absolute atomic E-state index is 0.0136. The number of carbonyl (C=O) groups is 1. The molecule has 0 bridgehead atoms. The zero-order valence-electron chi connectivity index (χ0n) is 17.7. The first kappa shape index (κ1) is 21.1. The van der Waals surface area contributed by atoms with Gasteiger partial charge in [-0.3, -0.25) is 4.79 Å². The maximum Gasteiger partial charge on any atom is 0.222 e. The number of piperidine rings is 1. The first-order valence-electron chi connectivity index (χ1n) is 10.5. The third kappa shape index (κ3) is 5.06. The number of carbonyl (C=O) groups excluding carboxylic acids is 1. The van der Waals surface area contributed by atoms with E-state index in [0.717, 1.165) is 30.6 Å². The topological polar surface area (TPSA) is 59.0 Å². The lowest BCUT2D eigenvalue weighted by Crippen LogP contribution is -2.55. The first-order valence-corrected chi connectivity index (χ1v) is 10.5. The predicted molar refractivity (Wildman–Crippen MR) is 109 cm³/mol. The number of hydrogen-bond donors (Lipinski definition) is 1. The quantitative estimate of drug-likeness (QED) is 0.855. The summed E-state index contributed by atoms with van der Waals surface area (Å²) in [6.07, 6.45) is 4.03. The first-order chi connectivity index (χ1) is 13.2. The molecule has 5 heteroatoms. The fraction of sp³-hybridized carbons (Fsp3) is 0.696. The second-order valence-electron chi connectivity index (χ2n) is 9.48. The highest BCUT2D eigenvalue weighted by Crippen LogP contribution is 2.42. The number of rotatable bonds is 4. The van der Waals surface area contributed by atoms with Crippen LogP contribution in [0.5, 0.6) is 5.75 Å². The monoisotopic (exact) mass is 389 g/mol. The third-order valence-corrected chi connectivity index (χ3v) is 6.27. The highest BCUT2D eigenvalue weighted by Gasteiger charge is 2.46. The Labute approximate surface area is 169 Å². The van der Waals surface area contributed by atoms with Gasteiger partial charge in [-0.1, -0.05) is 32.9 Å². The molecule has 156 valence electrons. The van der Waals surface area contributed by atoms with Gasteiger partial charge in [0.05, 0.1) is 24.9 Å². The molecule has 2 fully saturated rings. The van der Waals surface area contributed by atoms with Gasteiger partial charge in [0.1, 0.15) is 5.75 Å². The van der Waals surface area contributed by atoms with Crippen LogP contribution in [0.2, 0.25) is 0 Å². The van der Waals surface area contributed by atoms with Gasteiger partial charge < -0.3 is 19.5 Å². The molecule has 2 atom stereocenters. The van der Waals surface area contributed by atoms with Gasteiger partial charge in [-0.25, -0.2) is 0 Å². The molecule has 1 N–H and O–H groups in total. The van der Waals surface area contributed by atoms with Crippen LogP contribution in [-0.4, -0.2) is 53.9 Å². The van der Waals surface area contributed by atoms with Crippen LogP contribution >= 0.6 is 0 Å². The predicted octanol–water partition coefficient (Wildman–Crippen LogP) is 3.58. The van der Waals surface area contributed by atoms with Crippen LogP contribution in [0.15, 0.2) is 24.3 Å². The average Bonchev–Trinajstić information content (AvgIpc) is 2.66. The normalized spacial score (nSPS) is 25.0. The summed E-state index contributed by atoms with van der Waals surface area (Å²) in [5.74, 6) is 1.04. The molecule has 0 unspecified atom stereocenters. The summed E-state index contributed by atoms with van der Waals surface area (Å²) in [5.41, 5.74) is 0.886. The smallest absolute Gasteiger partial charge is 0.222 e. The van der Waals surface area contributed by atoms with Gasteiger partial charge in [0.15, 0.2) is 0 Å². The van der Waals surface area contributed by atoms with Crippen molar-refractivity contribution >= 4 is 5.91 Å². The lowest BCUT2D eigenvalue weighted by molar-refractivity contribution is -0.207. The number of benzene rings is 1. The van der Waals surface area contributed by atoms with Gasteiger partial charge in [0.25, 0.3) is 0 Å². The molecule has 1 spiro atoms. The number of methoxy groups -OCH3 is 1. The van der Waals surface area contributed by atoms with Crippen molar-refractivity contribution in [3.63, 3.8) is 0 Å². The number of nitrogens with zero attached hydrogens (tertiary/aromatic N) is 1. The van der Waals surface area contributed by atoms with Crippen molar-refractivity contribution in [2.24, 2.45) is 5.41 Å². The Morgan fingerprint density at radius 1 is 1.25 bits per heavy atom. The Morgan fingerprint density at radius 3 is 2.46 bits per heavy atom. The molecule has 2 aliphatic heterocycles. The van der Waals surface area contributed by atoms with Gasteiger partial charge in [-0.15, -0.1) is 0 Å². The summed E-state index contributed by atoms with van der Waals surface area (Å²) in [6.45, 7) is 7.93. The standard InChI is InChI=1S/C23H35NO4/c1-22(2,3)20-15-18(25)16-23(28-20)11-13-24(14-12-23)21(26)10-7-17-5-8-19(27-4)9-6-17/h5-6,8-9,18,20,25H,7,10-16H2,1-4H3/t18-,20-/m1/s1. The van der Waals surface area contributed by atoms with E-state index < -0.39 is 0 Å². The summed E-state index contributed by atoms with van der Waals surface area (Å²) >= 11 is 0. The molecule has 2 saturated heterocycles. The molecule has 2 aliphatic rings. The van der Waals surface area contributed by atoms with E-state index in [-0.39, 0.29) is 29.1 Å². The lowest BCUT2D eigenvalue weighted by atomic mass is 9.76. The number of aryl methyl sites for hydroxylation is 1. The molecule has 0 aliphatic carbocycles. The molecule has 0 aromatic heterocycles. The van der Waals surface area contributed by atoms with Crippen LogP contribution in [-0.2, 0) is 16.0 Å². The summed E-state index contributed by atoms with van der Waals surface area (Å²) in [6, 6.07) is 7.89. The summed E-state index contributed by atoms with van der Waals surface area (Å²) in [7, 11) is 1.65. The van der Waals surface area contributed by atoms with Crippen molar-refractivity contribution in [1.82, 2.24) is 4.90 Å². The molecular weight excluding hydrogens is 354 g/mol. The fourth-order valence-corrected chi connectivity index (χ4v) is 4.38. The summed E-state index contributed by atoms with van der Waals surface area (Å²) in [4.78, 5) is 14.6. The Hall–Kier alpha value is -1.59. The van der Waals surface area contributed by atoms with E-state index in [1.807, 2.05) is 29.2 Å². The average molecular weight is 390 g/mol. The van der Waals surface area contributed by atoms with Crippen molar-refractivity contribution in [3.05, 3.63) is 29.8 Å². The maximum atomic E-state index is 12.7. The van der Waals surface area contributed by atoms with E-state index in [0.29, 0.717) is 32.4 Å². The highest BCUT2D eigenvalue weighted by atomic mass is 16.5. The van der Waals surface area contributed by atoms with Crippen LogP contribution in [0.4, 0.5) is 0 Å². The molecule has 1 aromatic carbocycles. The van der Waals surface area contributed by atoms with Crippen LogP contribution in [0.25, 0.3) is 0 Å². The molecule has 28 heavy (non-hydrogen) atoms. The van der Waals surface area contributed by atoms with Crippen LogP contribution < -0.4 is 4.74 Å². The van der Waals surface area contributed by atoms with E-state index in [1.54, 1.807) is 7.11 Å². The van der Waals surface area contributed by atoms with E-state index in [2.05, 4.69) is 20.8 Å². The Morgan fingerprint density at radius 2 is 1.89 bits per heavy atom. The zero-order valence-corrected chi connectivity index (χ0v) is 17.7. The van der Waals surface area contributed by atoms with E-state index in [1.165, 1.54) is 0 Å². The molecular formula is C23H35NO4. The van der Waals surface area contributed by atoms with E-state index in [9.17, 15) is 9.90 Å². The molecule has 5 nitrogen and oxygen atoms in total. The van der Waals surface area contributed by atoms with Crippen molar-refractivity contribution in [2.75, 3.05) is 20.2 Å². The van der Waals surface area contributed by atoms with Gasteiger partial charge in [-0.2, -0.15) is 0 Å². The SMILES string of the molecule is COc1ccc(CCC(=O)N2CCC3(CC2)C[C@H](O)C[C@H](C(C)(C)C)O3)cc1. The van der Waals surface area contributed by atoms with Crippen molar-refractivity contribution in [3.8, 4) is 5.75 Å². The number of ether oxygens (including phenoxy) is 2. The molecule has 2 heterocycles. The number of aliphatic hydroxyl groups is 1. The second-order valence-corrected chi connectivity index (χ2v) is 9.48. The van der Waals surface area contributed by atoms with Crippen LogP contribution in [0, 0.1) is 5.41 Å². The molecule has 0 radical (unpaired) electrons. The van der Waals surface area contributed by atoms with Gasteiger partial charge in [-0.05, 0) is 42.4 Å². The zero-order chi connectivity index (χ0) is 20.4. The summed E-state index contributed by atoms with van der Waals surface area (Å²) in [5, 5.41) is 10.4. The molecule has 1 amide bonds. The fourth-order valence-electron chi connectivity index (χ4n) is 4.38. The largest absolute Gasteiger partial charge is 0.497 e. The second kappa shape index (κ2) is 8.42. The number of amides is 1.